The van der Waals surface area contributed by atoms with E-state index in [1.807, 2.05) is 11.9 Å². The molecule has 1 fully saturated rings. The number of aliphatic hydroxyl groups is 1. The number of likely N-dealkylation sites (N-methyl/N-ethyl adjacent to an activating group) is 1. The Balaban J connectivity index is 2.30. The van der Waals surface area contributed by atoms with E-state index in [4.69, 9.17) is 5.11 Å². The van der Waals surface area contributed by atoms with Crippen molar-refractivity contribution in [3.05, 3.63) is 0 Å². The first kappa shape index (κ1) is 9.48. The number of amides is 1. The van der Waals surface area contributed by atoms with Gasteiger partial charge in [0.1, 0.15) is 0 Å². The van der Waals surface area contributed by atoms with Crippen LogP contribution in [0.25, 0.3) is 0 Å². The summed E-state index contributed by atoms with van der Waals surface area (Å²) in [6.45, 7) is 1.38. The first-order valence-corrected chi connectivity index (χ1v) is 4.34. The third-order valence-corrected chi connectivity index (χ3v) is 2.23. The summed E-state index contributed by atoms with van der Waals surface area (Å²) in [5, 5.41) is 11.2. The van der Waals surface area contributed by atoms with Crippen molar-refractivity contribution in [3.8, 4) is 0 Å². The number of carbonyl (C=O) groups is 1. The van der Waals surface area contributed by atoms with Crippen LogP contribution in [-0.2, 0) is 4.79 Å². The Labute approximate surface area is 72.6 Å². The number of likely N-dealkylation sites (tertiary alicyclic amines) is 1. The Morgan fingerprint density at radius 1 is 1.75 bits per heavy atom. The quantitative estimate of drug-likeness (QED) is 0.585. The zero-order valence-corrected chi connectivity index (χ0v) is 7.42. The molecule has 1 amide bonds. The van der Waals surface area contributed by atoms with Crippen LogP contribution in [0.5, 0.6) is 0 Å². The summed E-state index contributed by atoms with van der Waals surface area (Å²) >= 11 is 0. The van der Waals surface area contributed by atoms with Crippen LogP contribution in [0.4, 0.5) is 0 Å². The zero-order valence-electron chi connectivity index (χ0n) is 7.42. The van der Waals surface area contributed by atoms with Crippen molar-refractivity contribution in [2.75, 3.05) is 26.7 Å². The molecule has 0 spiro atoms. The third kappa shape index (κ3) is 2.19. The zero-order chi connectivity index (χ0) is 8.97. The minimum Gasteiger partial charge on any atom is -0.395 e. The molecule has 1 aliphatic rings. The summed E-state index contributed by atoms with van der Waals surface area (Å²) in [5.41, 5.74) is 0. The van der Waals surface area contributed by atoms with Crippen molar-refractivity contribution in [1.82, 2.24) is 10.2 Å². The van der Waals surface area contributed by atoms with Crippen LogP contribution in [0.1, 0.15) is 12.8 Å². The highest BCUT2D eigenvalue weighted by atomic mass is 16.3. The number of rotatable bonds is 3. The van der Waals surface area contributed by atoms with Gasteiger partial charge in [-0.1, -0.05) is 0 Å². The number of nitrogens with zero attached hydrogens (tertiary/aromatic N) is 1. The molecule has 1 heterocycles. The number of aliphatic hydroxyl groups excluding tert-OH is 1. The fourth-order valence-electron chi connectivity index (χ4n) is 1.54. The number of carbonyl (C=O) groups excluding carboxylic acids is 1. The Morgan fingerprint density at radius 2 is 2.50 bits per heavy atom. The number of nitrogens with one attached hydrogen (secondary N) is 1. The normalized spacial score (nSPS) is 24.3. The summed E-state index contributed by atoms with van der Waals surface area (Å²) in [4.78, 5) is 13.4. The largest absolute Gasteiger partial charge is 0.395 e. The van der Waals surface area contributed by atoms with Gasteiger partial charge in [-0.3, -0.25) is 9.69 Å². The van der Waals surface area contributed by atoms with Gasteiger partial charge in [-0.15, -0.1) is 0 Å². The molecule has 1 atom stereocenters. The molecule has 4 heteroatoms. The highest BCUT2D eigenvalue weighted by Gasteiger charge is 2.26. The Bertz CT molecular complexity index is 161. The van der Waals surface area contributed by atoms with E-state index in [1.54, 1.807) is 0 Å². The van der Waals surface area contributed by atoms with E-state index in [2.05, 4.69) is 5.32 Å². The van der Waals surface area contributed by atoms with Crippen LogP contribution in [0.3, 0.4) is 0 Å². The highest BCUT2D eigenvalue weighted by Crippen LogP contribution is 2.14. The predicted octanol–water partition coefficient (Wildman–Crippen LogP) is -0.811. The van der Waals surface area contributed by atoms with Gasteiger partial charge in [-0.05, 0) is 26.4 Å². The lowest BCUT2D eigenvalue weighted by molar-refractivity contribution is -0.125. The summed E-state index contributed by atoms with van der Waals surface area (Å²) in [6.07, 6.45) is 2.03. The first-order valence-electron chi connectivity index (χ1n) is 4.34. The van der Waals surface area contributed by atoms with E-state index in [9.17, 15) is 4.79 Å². The Morgan fingerprint density at radius 3 is 3.00 bits per heavy atom. The molecule has 1 saturated heterocycles. The molecule has 0 bridgehead atoms. The molecule has 70 valence electrons. The molecular weight excluding hydrogens is 156 g/mol. The van der Waals surface area contributed by atoms with Gasteiger partial charge in [0, 0.05) is 6.54 Å². The van der Waals surface area contributed by atoms with E-state index < -0.39 is 0 Å². The number of hydrogen-bond donors (Lipinski definition) is 2. The molecule has 0 aromatic heterocycles. The van der Waals surface area contributed by atoms with Crippen molar-refractivity contribution in [1.29, 1.82) is 0 Å². The van der Waals surface area contributed by atoms with Gasteiger partial charge in [-0.2, -0.15) is 0 Å². The van der Waals surface area contributed by atoms with E-state index in [1.165, 1.54) is 0 Å². The van der Waals surface area contributed by atoms with Crippen molar-refractivity contribution >= 4 is 5.91 Å². The number of hydrogen-bond acceptors (Lipinski definition) is 3. The van der Waals surface area contributed by atoms with Gasteiger partial charge < -0.3 is 10.4 Å². The Kier molecular flexibility index (Phi) is 3.49. The molecule has 0 radical (unpaired) electrons. The third-order valence-electron chi connectivity index (χ3n) is 2.23. The van der Waals surface area contributed by atoms with Crippen molar-refractivity contribution < 1.29 is 9.90 Å². The lowest BCUT2D eigenvalue weighted by Crippen LogP contribution is -2.42. The highest BCUT2D eigenvalue weighted by molar-refractivity contribution is 5.81. The summed E-state index contributed by atoms with van der Waals surface area (Å²) in [6, 6.07) is 0.0246. The van der Waals surface area contributed by atoms with Gasteiger partial charge in [0.25, 0.3) is 0 Å². The molecule has 0 unspecified atom stereocenters. The molecular formula is C8H16N2O2. The molecule has 12 heavy (non-hydrogen) atoms. The maximum Gasteiger partial charge on any atom is 0.237 e. The molecule has 0 aliphatic carbocycles. The topological polar surface area (TPSA) is 52.6 Å². The molecule has 0 aromatic carbocycles. The smallest absolute Gasteiger partial charge is 0.237 e. The maximum atomic E-state index is 11.4. The summed E-state index contributed by atoms with van der Waals surface area (Å²) in [7, 11) is 1.95. The standard InChI is InChI=1S/C8H16N2O2/c1-10-5-2-3-7(10)8(12)9-4-6-11/h7,11H,2-6H2,1H3,(H,9,12)/t7-/m1/s1. The Hall–Kier alpha value is -0.610. The molecule has 0 aromatic rings. The minimum atomic E-state index is 0.0160. The lowest BCUT2D eigenvalue weighted by atomic mass is 10.2. The van der Waals surface area contributed by atoms with Crippen LogP contribution in [0.2, 0.25) is 0 Å². The van der Waals surface area contributed by atoms with Crippen LogP contribution in [0, 0.1) is 0 Å². The fraction of sp³-hybridized carbons (Fsp3) is 0.875. The first-order chi connectivity index (χ1) is 5.75. The molecule has 4 nitrogen and oxygen atoms in total. The fourth-order valence-corrected chi connectivity index (χ4v) is 1.54. The van der Waals surface area contributed by atoms with Gasteiger partial charge in [0.15, 0.2) is 0 Å². The van der Waals surface area contributed by atoms with E-state index in [0.29, 0.717) is 6.54 Å². The van der Waals surface area contributed by atoms with Crippen molar-refractivity contribution in [3.63, 3.8) is 0 Å². The molecule has 1 rings (SSSR count). The molecule has 1 aliphatic heterocycles. The van der Waals surface area contributed by atoms with Gasteiger partial charge in [0.2, 0.25) is 5.91 Å². The van der Waals surface area contributed by atoms with Gasteiger partial charge in [0.05, 0.1) is 12.6 Å². The molecule has 0 saturated carbocycles. The lowest BCUT2D eigenvalue weighted by Gasteiger charge is -2.17. The SMILES string of the molecule is CN1CCC[C@@H]1C(=O)NCCO. The monoisotopic (exact) mass is 172 g/mol. The second-order valence-corrected chi connectivity index (χ2v) is 3.15. The minimum absolute atomic E-state index is 0.0160. The second-order valence-electron chi connectivity index (χ2n) is 3.15. The van der Waals surface area contributed by atoms with Crippen LogP contribution in [-0.4, -0.2) is 48.7 Å². The van der Waals surface area contributed by atoms with Crippen molar-refractivity contribution in [2.24, 2.45) is 0 Å². The van der Waals surface area contributed by atoms with Crippen LogP contribution >= 0.6 is 0 Å². The van der Waals surface area contributed by atoms with Crippen molar-refractivity contribution in [2.45, 2.75) is 18.9 Å². The van der Waals surface area contributed by atoms with Crippen LogP contribution < -0.4 is 5.32 Å². The van der Waals surface area contributed by atoms with Crippen LogP contribution in [0.15, 0.2) is 0 Å². The average Bonchev–Trinajstić information content (AvgIpc) is 2.47. The second kappa shape index (κ2) is 4.42. The summed E-state index contributed by atoms with van der Waals surface area (Å²) in [5.74, 6) is 0.0454. The molecule has 2 N–H and O–H groups in total. The van der Waals surface area contributed by atoms with E-state index in [0.717, 1.165) is 19.4 Å². The van der Waals surface area contributed by atoms with E-state index >= 15 is 0 Å². The van der Waals surface area contributed by atoms with Gasteiger partial charge >= 0.3 is 0 Å². The predicted molar refractivity (Wildman–Crippen MR) is 45.7 cm³/mol. The van der Waals surface area contributed by atoms with E-state index in [-0.39, 0.29) is 18.6 Å². The van der Waals surface area contributed by atoms with Gasteiger partial charge in [-0.25, -0.2) is 0 Å². The maximum absolute atomic E-state index is 11.4. The average molecular weight is 172 g/mol. The summed E-state index contributed by atoms with van der Waals surface area (Å²) < 4.78 is 0.